The molecule has 0 saturated carbocycles. The van der Waals surface area contributed by atoms with Crippen LogP contribution in [0.3, 0.4) is 0 Å². The normalized spacial score (nSPS) is 12.4. The van der Waals surface area contributed by atoms with Crippen LogP contribution < -0.4 is 10.6 Å². The van der Waals surface area contributed by atoms with Crippen LogP contribution in [-0.2, 0) is 18.5 Å². The molecule has 0 amide bonds. The Hall–Kier alpha value is -3.10. The number of H-pyrrole nitrogens is 1. The molecular formula is C17H23N7O2. The van der Waals surface area contributed by atoms with Gasteiger partial charge in [0.2, 0.25) is 11.7 Å². The first-order valence-electron chi connectivity index (χ1n) is 8.30. The Morgan fingerprint density at radius 2 is 2.08 bits per heavy atom. The lowest BCUT2D eigenvalue weighted by molar-refractivity contribution is 0.379. The number of aliphatic imine (C=N–C) groups is 1. The van der Waals surface area contributed by atoms with Gasteiger partial charge in [0.05, 0.1) is 25.5 Å². The molecule has 3 heterocycles. The van der Waals surface area contributed by atoms with Crippen molar-refractivity contribution in [3.8, 4) is 11.6 Å². The number of guanidine groups is 1. The van der Waals surface area contributed by atoms with Crippen molar-refractivity contribution in [2.45, 2.75) is 39.3 Å². The van der Waals surface area contributed by atoms with Gasteiger partial charge in [-0.1, -0.05) is 20.8 Å². The van der Waals surface area contributed by atoms with E-state index in [0.717, 1.165) is 5.76 Å². The van der Waals surface area contributed by atoms with Crippen molar-refractivity contribution in [1.29, 1.82) is 0 Å². The maximum Gasteiger partial charge on any atom is 0.216 e. The number of furan rings is 1. The Morgan fingerprint density at radius 1 is 1.27 bits per heavy atom. The molecule has 0 radical (unpaired) electrons. The van der Waals surface area contributed by atoms with E-state index in [2.05, 4.69) is 56.6 Å². The second-order valence-corrected chi connectivity index (χ2v) is 6.73. The zero-order chi connectivity index (χ0) is 18.6. The van der Waals surface area contributed by atoms with Crippen LogP contribution in [-0.4, -0.2) is 33.2 Å². The fourth-order valence-electron chi connectivity index (χ4n) is 2.18. The lowest BCUT2D eigenvalue weighted by Gasteiger charge is -2.13. The summed E-state index contributed by atoms with van der Waals surface area (Å²) in [7, 11) is 1.69. The number of aromatic nitrogens is 4. The number of aromatic amines is 1. The molecular weight excluding hydrogens is 334 g/mol. The van der Waals surface area contributed by atoms with Crippen LogP contribution in [0.4, 0.5) is 0 Å². The highest BCUT2D eigenvalue weighted by Crippen LogP contribution is 2.22. The molecule has 0 bridgehead atoms. The van der Waals surface area contributed by atoms with Gasteiger partial charge in [0.25, 0.3) is 0 Å². The second-order valence-electron chi connectivity index (χ2n) is 6.73. The van der Waals surface area contributed by atoms with Crippen LogP contribution >= 0.6 is 0 Å². The topological polar surface area (TPSA) is 117 Å². The van der Waals surface area contributed by atoms with Crippen LogP contribution in [0.25, 0.3) is 11.6 Å². The highest BCUT2D eigenvalue weighted by Gasteiger charge is 2.19. The van der Waals surface area contributed by atoms with Gasteiger partial charge in [-0.25, -0.2) is 9.97 Å². The Labute approximate surface area is 151 Å². The maximum atomic E-state index is 5.76. The fourth-order valence-corrected chi connectivity index (χ4v) is 2.18. The number of rotatable bonds is 5. The van der Waals surface area contributed by atoms with Gasteiger partial charge in [-0.3, -0.25) is 10.1 Å². The van der Waals surface area contributed by atoms with Crippen LogP contribution in [0.2, 0.25) is 0 Å². The van der Waals surface area contributed by atoms with Gasteiger partial charge in [0.15, 0.2) is 11.7 Å². The fraction of sp³-hybridized carbons (Fsp3) is 0.412. The van der Waals surface area contributed by atoms with Crippen LogP contribution in [0, 0.1) is 0 Å². The molecule has 9 heteroatoms. The molecule has 0 unspecified atom stereocenters. The molecule has 0 aromatic carbocycles. The van der Waals surface area contributed by atoms with Crippen molar-refractivity contribution < 1.29 is 8.83 Å². The summed E-state index contributed by atoms with van der Waals surface area (Å²) in [6.45, 7) is 7.12. The van der Waals surface area contributed by atoms with E-state index in [-0.39, 0.29) is 5.41 Å². The summed E-state index contributed by atoms with van der Waals surface area (Å²) in [6, 6.07) is 3.60. The summed E-state index contributed by atoms with van der Waals surface area (Å²) in [5.74, 6) is 3.88. The second kappa shape index (κ2) is 7.42. The van der Waals surface area contributed by atoms with Gasteiger partial charge in [-0.15, -0.1) is 5.10 Å². The van der Waals surface area contributed by atoms with Gasteiger partial charge >= 0.3 is 0 Å². The van der Waals surface area contributed by atoms with Gasteiger partial charge in [-0.2, -0.15) is 0 Å². The molecule has 0 aliphatic heterocycles. The number of hydrogen-bond acceptors (Lipinski definition) is 6. The maximum absolute atomic E-state index is 5.76. The van der Waals surface area contributed by atoms with E-state index >= 15 is 0 Å². The molecule has 0 aliphatic carbocycles. The SMILES string of the molecule is CN=C(NCc1nc(-c2ccco2)n[nH]1)NCc1ncc(C(C)(C)C)o1. The predicted molar refractivity (Wildman–Crippen MR) is 96.3 cm³/mol. The lowest BCUT2D eigenvalue weighted by atomic mass is 9.94. The van der Waals surface area contributed by atoms with Gasteiger partial charge in [-0.05, 0) is 12.1 Å². The van der Waals surface area contributed by atoms with Crippen molar-refractivity contribution in [3.05, 3.63) is 42.1 Å². The molecule has 0 fully saturated rings. The Balaban J connectivity index is 1.51. The standard InChI is InChI=1S/C17H23N7O2/c1-17(2,3)12-8-19-14(26-12)10-21-16(18-4)20-9-13-22-15(24-23-13)11-6-5-7-25-11/h5-8H,9-10H2,1-4H3,(H2,18,20,21)(H,22,23,24). The minimum atomic E-state index is -0.0663. The minimum absolute atomic E-state index is 0.0663. The highest BCUT2D eigenvalue weighted by atomic mass is 16.4. The average molecular weight is 357 g/mol. The third-order valence-corrected chi connectivity index (χ3v) is 3.62. The quantitative estimate of drug-likeness (QED) is 0.473. The largest absolute Gasteiger partial charge is 0.461 e. The van der Waals surface area contributed by atoms with Crippen LogP contribution in [0.15, 0.2) is 38.4 Å². The van der Waals surface area contributed by atoms with Crippen LogP contribution in [0.5, 0.6) is 0 Å². The molecule has 3 aromatic rings. The summed E-state index contributed by atoms with van der Waals surface area (Å²) in [6.07, 6.45) is 3.35. The van der Waals surface area contributed by atoms with Crippen molar-refractivity contribution >= 4 is 5.96 Å². The molecule has 0 atom stereocenters. The average Bonchev–Trinajstić information content (AvgIpc) is 3.35. The van der Waals surface area contributed by atoms with Crippen LogP contribution in [0.1, 0.15) is 38.2 Å². The molecule has 0 aliphatic rings. The molecule has 0 saturated heterocycles. The molecule has 138 valence electrons. The number of oxazole rings is 1. The summed E-state index contributed by atoms with van der Waals surface area (Å²) < 4.78 is 11.0. The minimum Gasteiger partial charge on any atom is -0.461 e. The first-order valence-corrected chi connectivity index (χ1v) is 8.30. The molecule has 0 spiro atoms. The lowest BCUT2D eigenvalue weighted by Crippen LogP contribution is -2.36. The van der Waals surface area contributed by atoms with Gasteiger partial charge in [0, 0.05) is 12.5 Å². The van der Waals surface area contributed by atoms with Crippen molar-refractivity contribution in [2.75, 3.05) is 7.05 Å². The molecule has 9 nitrogen and oxygen atoms in total. The Kier molecular flexibility index (Phi) is 5.06. The third kappa shape index (κ3) is 4.29. The summed E-state index contributed by atoms with van der Waals surface area (Å²) in [4.78, 5) is 12.8. The summed E-state index contributed by atoms with van der Waals surface area (Å²) in [5, 5.41) is 13.3. The van der Waals surface area contributed by atoms with Gasteiger partial charge in [0.1, 0.15) is 11.6 Å². The van der Waals surface area contributed by atoms with E-state index in [1.807, 2.05) is 6.07 Å². The zero-order valence-corrected chi connectivity index (χ0v) is 15.3. The van der Waals surface area contributed by atoms with Crippen molar-refractivity contribution in [1.82, 2.24) is 30.8 Å². The smallest absolute Gasteiger partial charge is 0.216 e. The van der Waals surface area contributed by atoms with E-state index in [9.17, 15) is 0 Å². The Bertz CT molecular complexity index is 856. The molecule has 3 N–H and O–H groups in total. The van der Waals surface area contributed by atoms with Crippen molar-refractivity contribution in [3.63, 3.8) is 0 Å². The van der Waals surface area contributed by atoms with E-state index in [1.165, 1.54) is 0 Å². The van der Waals surface area contributed by atoms with E-state index in [1.54, 1.807) is 25.6 Å². The third-order valence-electron chi connectivity index (χ3n) is 3.62. The monoisotopic (exact) mass is 357 g/mol. The number of nitrogens with one attached hydrogen (secondary N) is 3. The van der Waals surface area contributed by atoms with E-state index in [4.69, 9.17) is 8.83 Å². The summed E-state index contributed by atoms with van der Waals surface area (Å²) >= 11 is 0. The summed E-state index contributed by atoms with van der Waals surface area (Å²) in [5.41, 5.74) is -0.0663. The van der Waals surface area contributed by atoms with E-state index in [0.29, 0.717) is 42.3 Å². The highest BCUT2D eigenvalue weighted by molar-refractivity contribution is 5.79. The number of hydrogen-bond donors (Lipinski definition) is 3. The number of nitrogens with zero attached hydrogens (tertiary/aromatic N) is 4. The molecule has 26 heavy (non-hydrogen) atoms. The Morgan fingerprint density at radius 3 is 2.73 bits per heavy atom. The first-order chi connectivity index (χ1) is 12.5. The first kappa shape index (κ1) is 17.7. The van der Waals surface area contributed by atoms with Gasteiger partial charge < -0.3 is 19.5 Å². The van der Waals surface area contributed by atoms with E-state index < -0.39 is 0 Å². The van der Waals surface area contributed by atoms with Crippen molar-refractivity contribution in [2.24, 2.45) is 4.99 Å². The predicted octanol–water partition coefficient (Wildman–Crippen LogP) is 2.22. The molecule has 3 aromatic heterocycles. The molecule has 3 rings (SSSR count). The zero-order valence-electron chi connectivity index (χ0n) is 15.3.